The summed E-state index contributed by atoms with van der Waals surface area (Å²) in [6.07, 6.45) is 3.66. The van der Waals surface area contributed by atoms with E-state index in [-0.39, 0.29) is 35.8 Å². The van der Waals surface area contributed by atoms with Crippen LogP contribution in [0, 0.1) is 5.82 Å². The van der Waals surface area contributed by atoms with Crippen molar-refractivity contribution in [1.29, 1.82) is 0 Å². The van der Waals surface area contributed by atoms with Crippen LogP contribution in [-0.4, -0.2) is 62.9 Å². The molecule has 1 saturated heterocycles. The zero-order chi connectivity index (χ0) is 27.2. The zero-order valence-corrected chi connectivity index (χ0v) is 22.0. The number of nitrogens with zero attached hydrogens (tertiary/aromatic N) is 5. The predicted molar refractivity (Wildman–Crippen MR) is 140 cm³/mol. The van der Waals surface area contributed by atoms with E-state index < -0.39 is 11.4 Å². The van der Waals surface area contributed by atoms with E-state index in [2.05, 4.69) is 10.1 Å². The molecule has 0 bridgehead atoms. The van der Waals surface area contributed by atoms with Crippen LogP contribution in [0.3, 0.4) is 0 Å². The van der Waals surface area contributed by atoms with Crippen LogP contribution in [0.2, 0.25) is 0 Å². The van der Waals surface area contributed by atoms with Crippen molar-refractivity contribution in [3.05, 3.63) is 52.8 Å². The molecule has 4 aromatic rings. The Balaban J connectivity index is 1.49. The molecule has 1 fully saturated rings. The molecule has 11 heteroatoms. The van der Waals surface area contributed by atoms with Crippen LogP contribution >= 0.6 is 0 Å². The first-order valence-electron chi connectivity index (χ1n) is 12.3. The molecule has 38 heavy (non-hydrogen) atoms. The molecule has 10 nitrogen and oxygen atoms in total. The first kappa shape index (κ1) is 25.7. The Morgan fingerprint density at radius 1 is 1.24 bits per heavy atom. The second kappa shape index (κ2) is 9.71. The summed E-state index contributed by atoms with van der Waals surface area (Å²) in [7, 11) is 3.17. The summed E-state index contributed by atoms with van der Waals surface area (Å²) in [6, 6.07) is 6.70. The Morgan fingerprint density at radius 2 is 2.03 bits per heavy atom. The number of aryl methyl sites for hydroxylation is 1. The third-order valence-corrected chi connectivity index (χ3v) is 6.40. The van der Waals surface area contributed by atoms with Crippen LogP contribution < -0.4 is 10.3 Å². The second-order valence-corrected chi connectivity index (χ2v) is 10.4. The van der Waals surface area contributed by atoms with Gasteiger partial charge in [-0.15, -0.1) is 0 Å². The molecule has 1 amide bonds. The number of carbonyl (C=O) groups is 1. The van der Waals surface area contributed by atoms with Crippen molar-refractivity contribution in [2.45, 2.75) is 38.8 Å². The van der Waals surface area contributed by atoms with Crippen molar-refractivity contribution in [2.75, 3.05) is 27.0 Å². The molecule has 1 atom stereocenters. The average Bonchev–Trinajstić information content (AvgIpc) is 3.49. The lowest BCUT2D eigenvalue weighted by atomic mass is 10.1. The molecular weight excluding hydrogens is 493 g/mol. The fraction of sp³-hybridized carbons (Fsp3) is 0.407. The van der Waals surface area contributed by atoms with Crippen LogP contribution in [0.5, 0.6) is 5.75 Å². The summed E-state index contributed by atoms with van der Waals surface area (Å²) in [5, 5.41) is 5.20. The lowest BCUT2D eigenvalue weighted by Crippen LogP contribution is -2.36. The van der Waals surface area contributed by atoms with E-state index in [1.165, 1.54) is 11.8 Å². The topological polar surface area (TPSA) is 101 Å². The maximum absolute atomic E-state index is 15.4. The molecule has 0 aliphatic carbocycles. The van der Waals surface area contributed by atoms with Gasteiger partial charge in [0.2, 0.25) is 0 Å². The number of rotatable bonds is 5. The Labute approximate surface area is 218 Å². The lowest BCUT2D eigenvalue weighted by molar-refractivity contribution is 0.0289. The van der Waals surface area contributed by atoms with Crippen LogP contribution in [0.4, 0.5) is 9.18 Å². The number of aromatic nitrogens is 4. The predicted octanol–water partition coefficient (Wildman–Crippen LogP) is 4.25. The molecule has 200 valence electrons. The molecule has 1 aliphatic heterocycles. The van der Waals surface area contributed by atoms with Gasteiger partial charge in [0.05, 0.1) is 22.6 Å². The van der Waals surface area contributed by atoms with Crippen LogP contribution in [-0.2, 0) is 16.5 Å². The van der Waals surface area contributed by atoms with Gasteiger partial charge in [-0.3, -0.25) is 9.48 Å². The molecule has 1 aromatic carbocycles. The van der Waals surface area contributed by atoms with Crippen molar-refractivity contribution in [1.82, 2.24) is 24.2 Å². The maximum Gasteiger partial charge on any atom is 0.410 e. The van der Waals surface area contributed by atoms with Crippen LogP contribution in [0.1, 0.15) is 33.2 Å². The monoisotopic (exact) mass is 523 g/mol. The Bertz CT molecular complexity index is 1590. The number of halogens is 1. The zero-order valence-electron chi connectivity index (χ0n) is 22.0. The van der Waals surface area contributed by atoms with E-state index in [4.69, 9.17) is 14.2 Å². The first-order valence-corrected chi connectivity index (χ1v) is 12.3. The molecule has 0 spiro atoms. The van der Waals surface area contributed by atoms with E-state index in [1.54, 1.807) is 53.2 Å². The van der Waals surface area contributed by atoms with E-state index >= 15 is 4.39 Å². The van der Waals surface area contributed by atoms with Gasteiger partial charge in [0.1, 0.15) is 11.1 Å². The molecule has 0 radical (unpaired) electrons. The van der Waals surface area contributed by atoms with Gasteiger partial charge in [0, 0.05) is 50.6 Å². The molecule has 0 unspecified atom stereocenters. The van der Waals surface area contributed by atoms with Gasteiger partial charge in [-0.25, -0.2) is 14.2 Å². The van der Waals surface area contributed by atoms with Crippen molar-refractivity contribution in [3.8, 4) is 17.0 Å². The summed E-state index contributed by atoms with van der Waals surface area (Å²) < 4.78 is 34.6. The number of pyridine rings is 2. The van der Waals surface area contributed by atoms with Crippen molar-refractivity contribution in [3.63, 3.8) is 0 Å². The highest BCUT2D eigenvalue weighted by Crippen LogP contribution is 2.37. The van der Waals surface area contributed by atoms with E-state index in [0.29, 0.717) is 47.1 Å². The number of carbonyl (C=O) groups excluding carboxylic acids is 1. The Hall–Kier alpha value is -3.99. The Morgan fingerprint density at radius 3 is 2.76 bits per heavy atom. The largest absolute Gasteiger partial charge is 0.464 e. The van der Waals surface area contributed by atoms with E-state index in [1.807, 2.05) is 20.8 Å². The molecular formula is C27H30FN5O5. The fourth-order valence-corrected chi connectivity index (χ4v) is 4.72. The number of ether oxygens (including phenoxy) is 3. The number of amides is 1. The minimum atomic E-state index is -0.608. The molecule has 1 aliphatic rings. The summed E-state index contributed by atoms with van der Waals surface area (Å²) in [5.41, 5.74) is 0.731. The van der Waals surface area contributed by atoms with Gasteiger partial charge >= 0.3 is 6.09 Å². The average molecular weight is 524 g/mol. The van der Waals surface area contributed by atoms with Crippen molar-refractivity contribution >= 4 is 27.9 Å². The second-order valence-electron chi connectivity index (χ2n) is 10.4. The fourth-order valence-electron chi connectivity index (χ4n) is 4.72. The molecule has 0 saturated carbocycles. The van der Waals surface area contributed by atoms with E-state index in [0.717, 1.165) is 0 Å². The summed E-state index contributed by atoms with van der Waals surface area (Å²) in [4.78, 5) is 32.1. The first-order chi connectivity index (χ1) is 18.1. The van der Waals surface area contributed by atoms with Gasteiger partial charge in [-0.2, -0.15) is 5.10 Å². The van der Waals surface area contributed by atoms with Gasteiger partial charge in [-0.1, -0.05) is 0 Å². The highest BCUT2D eigenvalue weighted by Gasteiger charge is 2.31. The third-order valence-electron chi connectivity index (χ3n) is 6.40. The molecule has 5 rings (SSSR count). The van der Waals surface area contributed by atoms with Gasteiger partial charge in [0.25, 0.3) is 5.56 Å². The maximum atomic E-state index is 15.4. The molecule has 0 N–H and O–H groups in total. The SMILES string of the molecule is COCOc1c(-c2ccc3c(=O)n([C@H]4CCN(C(=O)OC(C)(C)C)C4)ccc3n2)cc2cn(C)nc2c1F. The van der Waals surface area contributed by atoms with Crippen molar-refractivity contribution < 1.29 is 23.4 Å². The van der Waals surface area contributed by atoms with Gasteiger partial charge in [-0.05, 0) is 51.5 Å². The van der Waals surface area contributed by atoms with Crippen LogP contribution in [0.25, 0.3) is 33.1 Å². The Kier molecular flexibility index (Phi) is 6.56. The van der Waals surface area contributed by atoms with Gasteiger partial charge in [0.15, 0.2) is 18.4 Å². The number of methoxy groups -OCH3 is 1. The quantitative estimate of drug-likeness (QED) is 0.361. The number of benzene rings is 1. The minimum absolute atomic E-state index is 0.0218. The smallest absolute Gasteiger partial charge is 0.410 e. The molecule has 4 heterocycles. The third kappa shape index (κ3) is 4.81. The normalized spacial score (nSPS) is 15.9. The van der Waals surface area contributed by atoms with Crippen molar-refractivity contribution in [2.24, 2.45) is 7.05 Å². The minimum Gasteiger partial charge on any atom is -0.464 e. The summed E-state index contributed by atoms with van der Waals surface area (Å²) >= 11 is 0. The lowest BCUT2D eigenvalue weighted by Gasteiger charge is -2.24. The highest BCUT2D eigenvalue weighted by atomic mass is 19.1. The number of likely N-dealkylation sites (tertiary alicyclic amines) is 1. The number of hydrogen-bond acceptors (Lipinski definition) is 7. The summed E-state index contributed by atoms with van der Waals surface area (Å²) in [5.74, 6) is -0.630. The highest BCUT2D eigenvalue weighted by molar-refractivity contribution is 5.89. The van der Waals surface area contributed by atoms with Gasteiger partial charge < -0.3 is 23.7 Å². The molecule has 3 aromatic heterocycles. The number of fused-ring (bicyclic) bond motifs is 2. The summed E-state index contributed by atoms with van der Waals surface area (Å²) in [6.45, 7) is 6.21. The standard InChI is InChI=1S/C27H30FN5O5/c1-27(2,3)38-26(35)32-10-8-17(14-32)33-11-9-21-18(25(33)34)6-7-20(29-21)19-12-16-13-31(4)30-23(16)22(28)24(19)37-15-36-5/h6-7,9,11-13,17H,8,10,14-15H2,1-5H3/t17-/m0/s1. The van der Waals surface area contributed by atoms with Crippen LogP contribution in [0.15, 0.2) is 41.5 Å². The number of hydrogen-bond donors (Lipinski definition) is 0. The van der Waals surface area contributed by atoms with E-state index in [9.17, 15) is 9.59 Å².